The fourth-order valence-electron chi connectivity index (χ4n) is 2.60. The zero-order valence-electron chi connectivity index (χ0n) is 16.2. The van der Waals surface area contributed by atoms with Crippen LogP contribution < -0.4 is 19.1 Å². The zero-order chi connectivity index (χ0) is 21.6. The highest BCUT2D eigenvalue weighted by molar-refractivity contribution is 7.92. The molecule has 1 N–H and O–H groups in total. The van der Waals surface area contributed by atoms with Gasteiger partial charge in [0.05, 0.1) is 30.6 Å². The maximum Gasteiger partial charge on any atom is 0.243 e. The first-order valence-corrected chi connectivity index (χ1v) is 11.2. The van der Waals surface area contributed by atoms with Crippen molar-refractivity contribution >= 4 is 44.8 Å². The summed E-state index contributed by atoms with van der Waals surface area (Å²) in [6.07, 6.45) is 1.00. The van der Waals surface area contributed by atoms with Gasteiger partial charge in [-0.1, -0.05) is 23.2 Å². The molecule has 7 nitrogen and oxygen atoms in total. The number of amides is 1. The standard InChI is InChI=1S/C19H22Cl2N2O5S/c1-13(23(29(3,25)26)18-12-14(20)4-9-17(18)21)19(24)22-10-11-28-16-7-5-15(27-2)6-8-16/h4-9,12-13H,10-11H2,1-3H3,(H,22,24)/t13-/m0/s1. The fourth-order valence-corrected chi connectivity index (χ4v) is 4.20. The first-order valence-electron chi connectivity index (χ1n) is 8.62. The van der Waals surface area contributed by atoms with E-state index in [1.807, 2.05) is 0 Å². The highest BCUT2D eigenvalue weighted by Gasteiger charge is 2.30. The van der Waals surface area contributed by atoms with E-state index < -0.39 is 22.0 Å². The van der Waals surface area contributed by atoms with E-state index in [4.69, 9.17) is 32.7 Å². The van der Waals surface area contributed by atoms with Gasteiger partial charge in [-0.05, 0) is 49.4 Å². The van der Waals surface area contributed by atoms with Crippen LogP contribution in [-0.4, -0.2) is 46.9 Å². The minimum atomic E-state index is -3.80. The van der Waals surface area contributed by atoms with Gasteiger partial charge >= 0.3 is 0 Å². The van der Waals surface area contributed by atoms with Gasteiger partial charge < -0.3 is 14.8 Å². The van der Waals surface area contributed by atoms with Crippen molar-refractivity contribution in [2.45, 2.75) is 13.0 Å². The number of ether oxygens (including phenoxy) is 2. The van der Waals surface area contributed by atoms with Gasteiger partial charge in [0.2, 0.25) is 15.9 Å². The smallest absolute Gasteiger partial charge is 0.243 e. The number of anilines is 1. The molecule has 0 fully saturated rings. The van der Waals surface area contributed by atoms with Gasteiger partial charge in [0.25, 0.3) is 0 Å². The van der Waals surface area contributed by atoms with E-state index in [9.17, 15) is 13.2 Å². The number of rotatable bonds is 9. The molecule has 0 bridgehead atoms. The quantitative estimate of drug-likeness (QED) is 0.579. The normalized spacial score (nSPS) is 12.2. The van der Waals surface area contributed by atoms with Crippen LogP contribution in [0.5, 0.6) is 11.5 Å². The number of carbonyl (C=O) groups is 1. The number of nitrogens with one attached hydrogen (secondary N) is 1. The summed E-state index contributed by atoms with van der Waals surface area (Å²) >= 11 is 12.1. The van der Waals surface area contributed by atoms with E-state index in [2.05, 4.69) is 5.32 Å². The van der Waals surface area contributed by atoms with Crippen LogP contribution in [0, 0.1) is 0 Å². The molecule has 0 spiro atoms. The predicted molar refractivity (Wildman–Crippen MR) is 115 cm³/mol. The lowest BCUT2D eigenvalue weighted by Gasteiger charge is -2.29. The van der Waals surface area contributed by atoms with E-state index in [0.29, 0.717) is 16.5 Å². The summed E-state index contributed by atoms with van der Waals surface area (Å²) in [4.78, 5) is 12.5. The second-order valence-electron chi connectivity index (χ2n) is 6.15. The third-order valence-electron chi connectivity index (χ3n) is 3.96. The zero-order valence-corrected chi connectivity index (χ0v) is 18.5. The average Bonchev–Trinajstić information content (AvgIpc) is 2.67. The third-order valence-corrected chi connectivity index (χ3v) is 5.75. The van der Waals surface area contributed by atoms with E-state index in [0.717, 1.165) is 10.6 Å². The van der Waals surface area contributed by atoms with Gasteiger partial charge in [0.1, 0.15) is 24.1 Å². The molecule has 2 aromatic rings. The van der Waals surface area contributed by atoms with E-state index in [1.165, 1.54) is 25.1 Å². The maximum absolute atomic E-state index is 12.5. The first kappa shape index (κ1) is 23.1. The number of methoxy groups -OCH3 is 1. The van der Waals surface area contributed by atoms with Crippen LogP contribution >= 0.6 is 23.2 Å². The van der Waals surface area contributed by atoms with Crippen LogP contribution in [0.4, 0.5) is 5.69 Å². The summed E-state index contributed by atoms with van der Waals surface area (Å²) < 4.78 is 36.2. The highest BCUT2D eigenvalue weighted by Crippen LogP contribution is 2.32. The number of sulfonamides is 1. The molecule has 0 radical (unpaired) electrons. The first-order chi connectivity index (χ1) is 13.6. The molecule has 0 saturated carbocycles. The molecule has 0 aliphatic rings. The van der Waals surface area contributed by atoms with Gasteiger partial charge in [-0.2, -0.15) is 0 Å². The van der Waals surface area contributed by atoms with Crippen molar-refractivity contribution < 1.29 is 22.7 Å². The molecular weight excluding hydrogens is 439 g/mol. The minimum Gasteiger partial charge on any atom is -0.497 e. The second kappa shape index (κ2) is 10.0. The van der Waals surface area contributed by atoms with E-state index in [-0.39, 0.29) is 23.9 Å². The number of benzene rings is 2. The van der Waals surface area contributed by atoms with Crippen LogP contribution in [0.15, 0.2) is 42.5 Å². The van der Waals surface area contributed by atoms with Gasteiger partial charge in [-0.15, -0.1) is 0 Å². The third kappa shape index (κ3) is 6.42. The highest BCUT2D eigenvalue weighted by atomic mass is 35.5. The summed E-state index contributed by atoms with van der Waals surface area (Å²) in [5.41, 5.74) is 0.138. The number of carbonyl (C=O) groups excluding carboxylic acids is 1. The van der Waals surface area contributed by atoms with Gasteiger partial charge in [-0.25, -0.2) is 8.42 Å². The number of halogens is 2. The lowest BCUT2D eigenvalue weighted by atomic mass is 10.2. The molecule has 158 valence electrons. The number of hydrogen-bond acceptors (Lipinski definition) is 5. The summed E-state index contributed by atoms with van der Waals surface area (Å²) in [5, 5.41) is 3.13. The van der Waals surface area contributed by atoms with Crippen molar-refractivity contribution in [2.24, 2.45) is 0 Å². The molecule has 10 heteroatoms. The Bertz CT molecular complexity index is 952. The van der Waals surface area contributed by atoms with Crippen molar-refractivity contribution in [1.29, 1.82) is 0 Å². The molecule has 0 saturated heterocycles. The van der Waals surface area contributed by atoms with Gasteiger partial charge in [0, 0.05) is 5.02 Å². The van der Waals surface area contributed by atoms with Crippen LogP contribution in [0.3, 0.4) is 0 Å². The SMILES string of the molecule is COc1ccc(OCCNC(=O)[C@H](C)N(c2cc(Cl)ccc2Cl)S(C)(=O)=O)cc1. The second-order valence-corrected chi connectivity index (χ2v) is 8.85. The van der Waals surface area contributed by atoms with Crippen molar-refractivity contribution in [3.8, 4) is 11.5 Å². The van der Waals surface area contributed by atoms with Crippen LogP contribution in [0.2, 0.25) is 10.0 Å². The molecule has 0 aliphatic heterocycles. The largest absolute Gasteiger partial charge is 0.497 e. The molecule has 0 aromatic heterocycles. The number of nitrogens with zero attached hydrogens (tertiary/aromatic N) is 1. The Morgan fingerprint density at radius 2 is 1.76 bits per heavy atom. The Labute approximate surface area is 180 Å². The molecule has 29 heavy (non-hydrogen) atoms. The summed E-state index contributed by atoms with van der Waals surface area (Å²) in [6.45, 7) is 1.87. The Morgan fingerprint density at radius 3 is 2.34 bits per heavy atom. The Balaban J connectivity index is 2.01. The Hall–Kier alpha value is -2.16. The van der Waals surface area contributed by atoms with Gasteiger partial charge in [0.15, 0.2) is 0 Å². The van der Waals surface area contributed by atoms with Crippen LogP contribution in [0.1, 0.15) is 6.92 Å². The Morgan fingerprint density at radius 1 is 1.14 bits per heavy atom. The summed E-state index contributed by atoms with van der Waals surface area (Å²) in [7, 11) is -2.22. The Kier molecular flexibility index (Phi) is 8.01. The van der Waals surface area contributed by atoms with E-state index in [1.54, 1.807) is 31.4 Å². The van der Waals surface area contributed by atoms with Crippen molar-refractivity contribution in [2.75, 3.05) is 30.8 Å². The van der Waals surface area contributed by atoms with Crippen molar-refractivity contribution in [3.63, 3.8) is 0 Å². The topological polar surface area (TPSA) is 84.9 Å². The van der Waals surface area contributed by atoms with Gasteiger partial charge in [-0.3, -0.25) is 9.10 Å². The molecule has 0 heterocycles. The van der Waals surface area contributed by atoms with Crippen molar-refractivity contribution in [3.05, 3.63) is 52.5 Å². The summed E-state index contributed by atoms with van der Waals surface area (Å²) in [5.74, 6) is 0.835. The minimum absolute atomic E-state index is 0.138. The van der Waals surface area contributed by atoms with Crippen LogP contribution in [0.25, 0.3) is 0 Å². The van der Waals surface area contributed by atoms with Crippen LogP contribution in [-0.2, 0) is 14.8 Å². The summed E-state index contributed by atoms with van der Waals surface area (Å²) in [6, 6.07) is 10.4. The molecule has 2 aromatic carbocycles. The predicted octanol–water partition coefficient (Wildman–Crippen LogP) is 3.35. The molecular formula is C19H22Cl2N2O5S. The lowest BCUT2D eigenvalue weighted by Crippen LogP contribution is -2.48. The van der Waals surface area contributed by atoms with E-state index >= 15 is 0 Å². The molecule has 0 unspecified atom stereocenters. The monoisotopic (exact) mass is 460 g/mol. The fraction of sp³-hybridized carbons (Fsp3) is 0.316. The lowest BCUT2D eigenvalue weighted by molar-refractivity contribution is -0.121. The molecule has 2 rings (SSSR count). The molecule has 1 atom stereocenters. The average molecular weight is 461 g/mol. The molecule has 0 aliphatic carbocycles. The number of hydrogen-bond donors (Lipinski definition) is 1. The van der Waals surface area contributed by atoms with Crippen molar-refractivity contribution in [1.82, 2.24) is 5.32 Å². The molecule has 1 amide bonds. The maximum atomic E-state index is 12.5.